The zero-order chi connectivity index (χ0) is 13.7. The van der Waals surface area contributed by atoms with Crippen LogP contribution in [0.4, 0.5) is 4.79 Å². The second-order valence-electron chi connectivity index (χ2n) is 3.97. The van der Waals surface area contributed by atoms with Crippen molar-refractivity contribution in [2.75, 3.05) is 39.8 Å². The fourth-order valence-corrected chi connectivity index (χ4v) is 1.65. The summed E-state index contributed by atoms with van der Waals surface area (Å²) in [7, 11) is 1.50. The topological polar surface area (TPSA) is 81.2 Å². The normalized spacial score (nSPS) is 15.2. The van der Waals surface area contributed by atoms with E-state index in [9.17, 15) is 14.4 Å². The van der Waals surface area contributed by atoms with Crippen LogP contribution in [-0.4, -0.2) is 77.5 Å². The molecule has 0 aromatic carbocycles. The van der Waals surface area contributed by atoms with Crippen molar-refractivity contribution in [2.45, 2.75) is 0 Å². The van der Waals surface area contributed by atoms with Crippen molar-refractivity contribution in [1.29, 1.82) is 0 Å². The summed E-state index contributed by atoms with van der Waals surface area (Å²) < 4.78 is 0. The maximum Gasteiger partial charge on any atom is 0.327 e. The lowest BCUT2D eigenvalue weighted by atomic mass is 10.4. The third-order valence-electron chi connectivity index (χ3n) is 2.60. The highest BCUT2D eigenvalue weighted by Crippen LogP contribution is 2.08. The van der Waals surface area contributed by atoms with Crippen LogP contribution in [0.1, 0.15) is 0 Å². The number of hydrogen-bond acceptors (Lipinski definition) is 4. The molecule has 1 rings (SSSR count). The van der Waals surface area contributed by atoms with Gasteiger partial charge >= 0.3 is 6.03 Å². The molecule has 7 nitrogen and oxygen atoms in total. The van der Waals surface area contributed by atoms with E-state index in [-0.39, 0.29) is 38.7 Å². The van der Waals surface area contributed by atoms with Crippen LogP contribution in [0.3, 0.4) is 0 Å². The largest absolute Gasteiger partial charge is 0.395 e. The molecule has 100 valence electrons. The van der Waals surface area contributed by atoms with Crippen LogP contribution in [0.2, 0.25) is 0 Å². The Morgan fingerprint density at radius 1 is 1.56 bits per heavy atom. The smallest absolute Gasteiger partial charge is 0.327 e. The molecular weight excluding hydrogens is 238 g/mol. The molecule has 1 N–H and O–H groups in total. The van der Waals surface area contributed by atoms with Crippen molar-refractivity contribution in [3.63, 3.8) is 0 Å². The standard InChI is InChI=1S/C11H17N3O4/c1-3-4-13(5-6-15)9(16)8-14-10(17)7-12(2)11(14)18/h3,15H,1,4-8H2,2H3. The predicted octanol–water partition coefficient (Wildman–Crippen LogP) is -1.11. The predicted molar refractivity (Wildman–Crippen MR) is 63.6 cm³/mol. The molecule has 0 aliphatic carbocycles. The number of aliphatic hydroxyl groups is 1. The van der Waals surface area contributed by atoms with Crippen LogP contribution in [0.5, 0.6) is 0 Å². The number of amides is 4. The van der Waals surface area contributed by atoms with E-state index in [1.54, 1.807) is 0 Å². The van der Waals surface area contributed by atoms with Crippen LogP contribution in [-0.2, 0) is 9.59 Å². The van der Waals surface area contributed by atoms with E-state index in [0.717, 1.165) is 4.90 Å². The number of nitrogens with zero attached hydrogens (tertiary/aromatic N) is 3. The first-order valence-corrected chi connectivity index (χ1v) is 5.56. The maximum absolute atomic E-state index is 11.9. The van der Waals surface area contributed by atoms with Crippen LogP contribution in [0, 0.1) is 0 Å². The van der Waals surface area contributed by atoms with E-state index in [2.05, 4.69) is 6.58 Å². The molecule has 0 bridgehead atoms. The van der Waals surface area contributed by atoms with Gasteiger partial charge in [0.25, 0.3) is 5.91 Å². The van der Waals surface area contributed by atoms with Gasteiger partial charge < -0.3 is 14.9 Å². The number of carbonyl (C=O) groups excluding carboxylic acids is 3. The molecule has 0 saturated carbocycles. The lowest BCUT2D eigenvalue weighted by Crippen LogP contribution is -2.44. The Kier molecular flexibility index (Phi) is 4.85. The van der Waals surface area contributed by atoms with Gasteiger partial charge in [-0.2, -0.15) is 0 Å². The summed E-state index contributed by atoms with van der Waals surface area (Å²) in [4.78, 5) is 38.5. The summed E-state index contributed by atoms with van der Waals surface area (Å²) in [6.45, 7) is 3.45. The number of imide groups is 1. The van der Waals surface area contributed by atoms with Crippen molar-refractivity contribution in [1.82, 2.24) is 14.7 Å². The van der Waals surface area contributed by atoms with Gasteiger partial charge in [0, 0.05) is 20.1 Å². The van der Waals surface area contributed by atoms with E-state index >= 15 is 0 Å². The van der Waals surface area contributed by atoms with E-state index in [1.165, 1.54) is 22.9 Å². The highest BCUT2D eigenvalue weighted by molar-refractivity contribution is 6.04. The van der Waals surface area contributed by atoms with Gasteiger partial charge in [-0.1, -0.05) is 6.08 Å². The lowest BCUT2D eigenvalue weighted by Gasteiger charge is -2.22. The minimum Gasteiger partial charge on any atom is -0.395 e. The van der Waals surface area contributed by atoms with E-state index in [0.29, 0.717) is 0 Å². The molecule has 1 aliphatic rings. The van der Waals surface area contributed by atoms with Gasteiger partial charge in [-0.15, -0.1) is 6.58 Å². The Bertz CT molecular complexity index is 369. The average molecular weight is 255 g/mol. The number of hydrogen-bond donors (Lipinski definition) is 1. The van der Waals surface area contributed by atoms with Crippen LogP contribution in [0.15, 0.2) is 12.7 Å². The van der Waals surface area contributed by atoms with Gasteiger partial charge in [0.05, 0.1) is 6.61 Å². The molecule has 1 fully saturated rings. The number of likely N-dealkylation sites (N-methyl/N-ethyl adjacent to an activating group) is 1. The third kappa shape index (κ3) is 3.07. The number of rotatable bonds is 6. The van der Waals surface area contributed by atoms with Crippen LogP contribution < -0.4 is 0 Å². The van der Waals surface area contributed by atoms with Gasteiger partial charge in [-0.3, -0.25) is 14.5 Å². The summed E-state index contributed by atoms with van der Waals surface area (Å²) in [5.74, 6) is -0.778. The summed E-state index contributed by atoms with van der Waals surface area (Å²) in [6.07, 6.45) is 1.52. The van der Waals surface area contributed by atoms with E-state index in [1.807, 2.05) is 0 Å². The highest BCUT2D eigenvalue weighted by atomic mass is 16.3. The molecule has 18 heavy (non-hydrogen) atoms. The van der Waals surface area contributed by atoms with Crippen molar-refractivity contribution in [3.05, 3.63) is 12.7 Å². The fraction of sp³-hybridized carbons (Fsp3) is 0.545. The second kappa shape index (κ2) is 6.15. The Morgan fingerprint density at radius 2 is 2.22 bits per heavy atom. The minimum atomic E-state index is -0.476. The van der Waals surface area contributed by atoms with Gasteiger partial charge in [-0.05, 0) is 0 Å². The molecule has 0 aromatic heterocycles. The highest BCUT2D eigenvalue weighted by Gasteiger charge is 2.35. The quantitative estimate of drug-likeness (QED) is 0.482. The molecule has 0 spiro atoms. The summed E-state index contributed by atoms with van der Waals surface area (Å²) in [5.41, 5.74) is 0. The van der Waals surface area contributed by atoms with Gasteiger partial charge in [-0.25, -0.2) is 4.79 Å². The monoisotopic (exact) mass is 255 g/mol. The summed E-state index contributed by atoms with van der Waals surface area (Å²) in [6, 6.07) is -0.476. The van der Waals surface area contributed by atoms with Gasteiger partial charge in [0.2, 0.25) is 5.91 Å². The Balaban J connectivity index is 2.65. The Hall–Kier alpha value is -1.89. The van der Waals surface area contributed by atoms with Crippen molar-refractivity contribution in [2.24, 2.45) is 0 Å². The van der Waals surface area contributed by atoms with Crippen LogP contribution in [0.25, 0.3) is 0 Å². The first-order chi connectivity index (χ1) is 8.51. The first kappa shape index (κ1) is 14.2. The lowest BCUT2D eigenvalue weighted by molar-refractivity contribution is -0.136. The molecule has 1 aliphatic heterocycles. The SMILES string of the molecule is C=CCN(CCO)C(=O)CN1C(=O)CN(C)C1=O. The molecule has 1 saturated heterocycles. The summed E-state index contributed by atoms with van der Waals surface area (Å²) >= 11 is 0. The molecular formula is C11H17N3O4. The molecule has 0 radical (unpaired) electrons. The molecule has 7 heteroatoms. The second-order valence-corrected chi connectivity index (χ2v) is 3.97. The maximum atomic E-state index is 11.9. The zero-order valence-corrected chi connectivity index (χ0v) is 10.3. The number of urea groups is 1. The summed E-state index contributed by atoms with van der Waals surface area (Å²) in [5, 5.41) is 8.84. The fourth-order valence-electron chi connectivity index (χ4n) is 1.65. The van der Waals surface area contributed by atoms with Gasteiger partial charge in [0.1, 0.15) is 13.1 Å². The number of aliphatic hydroxyl groups excluding tert-OH is 1. The molecule has 0 atom stereocenters. The first-order valence-electron chi connectivity index (χ1n) is 5.56. The minimum absolute atomic E-state index is 0.00638. The average Bonchev–Trinajstić information content (AvgIpc) is 2.55. The third-order valence-corrected chi connectivity index (χ3v) is 2.60. The molecule has 0 unspecified atom stereocenters. The van der Waals surface area contributed by atoms with Crippen molar-refractivity contribution < 1.29 is 19.5 Å². The molecule has 4 amide bonds. The van der Waals surface area contributed by atoms with E-state index < -0.39 is 11.9 Å². The van der Waals surface area contributed by atoms with Crippen molar-refractivity contribution >= 4 is 17.8 Å². The van der Waals surface area contributed by atoms with Crippen LogP contribution >= 0.6 is 0 Å². The molecule has 0 aromatic rings. The number of carbonyl (C=O) groups is 3. The Labute approximate surface area is 105 Å². The van der Waals surface area contributed by atoms with Gasteiger partial charge in [0.15, 0.2) is 0 Å². The van der Waals surface area contributed by atoms with E-state index in [4.69, 9.17) is 5.11 Å². The molecule has 1 heterocycles. The Morgan fingerprint density at radius 3 is 2.67 bits per heavy atom. The zero-order valence-electron chi connectivity index (χ0n) is 10.3. The van der Waals surface area contributed by atoms with Crippen molar-refractivity contribution in [3.8, 4) is 0 Å².